The Bertz CT molecular complexity index is 1150. The minimum atomic E-state index is -3.31. The molecule has 3 atom stereocenters. The van der Waals surface area contributed by atoms with Gasteiger partial charge in [0.15, 0.2) is 0 Å². The van der Waals surface area contributed by atoms with E-state index in [2.05, 4.69) is 4.72 Å². The number of amides is 1. The van der Waals surface area contributed by atoms with E-state index in [1.54, 1.807) is 17.0 Å². The van der Waals surface area contributed by atoms with Gasteiger partial charge in [-0.25, -0.2) is 21.9 Å². The summed E-state index contributed by atoms with van der Waals surface area (Å²) in [5.74, 6) is -1.59. The highest BCUT2D eigenvalue weighted by molar-refractivity contribution is 7.90. The quantitative estimate of drug-likeness (QED) is 0.683. The number of benzene rings is 2. The highest BCUT2D eigenvalue weighted by atomic mass is 32.2. The Kier molecular flexibility index (Phi) is 5.99. The van der Waals surface area contributed by atoms with Gasteiger partial charge < -0.3 is 4.90 Å². The summed E-state index contributed by atoms with van der Waals surface area (Å²) in [6.07, 6.45) is 4.46. The molecule has 5 rings (SSSR count). The first-order valence-corrected chi connectivity index (χ1v) is 13.2. The Morgan fingerprint density at radius 2 is 1.70 bits per heavy atom. The van der Waals surface area contributed by atoms with E-state index in [1.165, 1.54) is 18.2 Å². The third kappa shape index (κ3) is 4.68. The summed E-state index contributed by atoms with van der Waals surface area (Å²) in [7, 11) is -3.31. The normalized spacial score (nSPS) is 25.5. The van der Waals surface area contributed by atoms with Gasteiger partial charge in [-0.2, -0.15) is 0 Å². The van der Waals surface area contributed by atoms with Gasteiger partial charge in [-0.3, -0.25) is 4.79 Å². The van der Waals surface area contributed by atoms with Gasteiger partial charge in [-0.1, -0.05) is 36.8 Å². The second kappa shape index (κ2) is 8.80. The van der Waals surface area contributed by atoms with Crippen molar-refractivity contribution in [1.82, 2.24) is 9.62 Å². The van der Waals surface area contributed by atoms with Gasteiger partial charge in [0, 0.05) is 25.0 Å². The number of sulfonamides is 1. The lowest BCUT2D eigenvalue weighted by Crippen LogP contribution is -2.46. The van der Waals surface area contributed by atoms with Crippen LogP contribution in [0.2, 0.25) is 0 Å². The van der Waals surface area contributed by atoms with Crippen molar-refractivity contribution in [3.8, 4) is 11.1 Å². The molecule has 1 amide bonds. The van der Waals surface area contributed by atoms with E-state index in [4.69, 9.17) is 0 Å². The van der Waals surface area contributed by atoms with E-state index in [0.29, 0.717) is 37.9 Å². The number of rotatable bonds is 6. The number of nitrogens with zero attached hydrogens (tertiary/aromatic N) is 1. The molecule has 2 aromatic carbocycles. The van der Waals surface area contributed by atoms with Crippen LogP contribution in [-0.4, -0.2) is 43.6 Å². The van der Waals surface area contributed by atoms with Crippen LogP contribution < -0.4 is 4.72 Å². The van der Waals surface area contributed by atoms with Crippen LogP contribution in [0.5, 0.6) is 0 Å². The van der Waals surface area contributed by atoms with E-state index in [9.17, 15) is 22.0 Å². The van der Waals surface area contributed by atoms with Crippen molar-refractivity contribution in [2.45, 2.75) is 55.7 Å². The second-order valence-electron chi connectivity index (χ2n) is 9.47. The molecule has 1 saturated heterocycles. The third-order valence-electron chi connectivity index (χ3n) is 6.98. The maximum absolute atomic E-state index is 14.5. The zero-order chi connectivity index (χ0) is 23.2. The fourth-order valence-electron chi connectivity index (χ4n) is 4.99. The van der Waals surface area contributed by atoms with Gasteiger partial charge in [0.2, 0.25) is 15.9 Å². The first-order chi connectivity index (χ1) is 15.8. The van der Waals surface area contributed by atoms with E-state index in [0.717, 1.165) is 24.8 Å². The fourth-order valence-corrected chi connectivity index (χ4v) is 6.60. The number of halogens is 2. The number of hydrogen-bond donors (Lipinski definition) is 1. The van der Waals surface area contributed by atoms with E-state index in [1.807, 2.05) is 12.1 Å². The summed E-state index contributed by atoms with van der Waals surface area (Å²) in [5.41, 5.74) is 1.20. The highest BCUT2D eigenvalue weighted by Crippen LogP contribution is 2.51. The highest BCUT2D eigenvalue weighted by Gasteiger charge is 2.47. The second-order valence-corrected chi connectivity index (χ2v) is 11.5. The van der Waals surface area contributed by atoms with Gasteiger partial charge in [-0.15, -0.1) is 0 Å². The topological polar surface area (TPSA) is 66.5 Å². The van der Waals surface area contributed by atoms with Crippen LogP contribution in [0.1, 0.15) is 50.0 Å². The molecule has 3 aliphatic rings. The minimum absolute atomic E-state index is 0.00123. The molecule has 1 aliphatic heterocycles. The molecule has 0 unspecified atom stereocenters. The molecule has 0 spiro atoms. The summed E-state index contributed by atoms with van der Waals surface area (Å²) < 4.78 is 56.5. The van der Waals surface area contributed by atoms with Crippen molar-refractivity contribution in [1.29, 1.82) is 0 Å². The van der Waals surface area contributed by atoms with Crippen LogP contribution in [0.25, 0.3) is 11.1 Å². The van der Waals surface area contributed by atoms with Crippen LogP contribution in [0.15, 0.2) is 42.5 Å². The molecule has 3 fully saturated rings. The Morgan fingerprint density at radius 1 is 0.970 bits per heavy atom. The van der Waals surface area contributed by atoms with E-state index in [-0.39, 0.29) is 34.6 Å². The zero-order valence-corrected chi connectivity index (χ0v) is 19.2. The first kappa shape index (κ1) is 22.5. The molecule has 0 radical (unpaired) electrons. The first-order valence-electron chi connectivity index (χ1n) is 11.7. The molecular weight excluding hydrogens is 446 g/mol. The number of carbonyl (C=O) groups is 1. The van der Waals surface area contributed by atoms with Crippen LogP contribution in [0, 0.1) is 17.6 Å². The molecule has 0 bridgehead atoms. The minimum Gasteiger partial charge on any atom is -0.341 e. The molecule has 33 heavy (non-hydrogen) atoms. The molecule has 0 aromatic heterocycles. The average molecular weight is 475 g/mol. The summed E-state index contributed by atoms with van der Waals surface area (Å²) in [4.78, 5) is 15.1. The predicted molar refractivity (Wildman–Crippen MR) is 122 cm³/mol. The van der Waals surface area contributed by atoms with E-state index >= 15 is 0 Å². The Labute approximate surface area is 193 Å². The molecule has 2 saturated carbocycles. The molecule has 1 N–H and O–H groups in total. The monoisotopic (exact) mass is 474 g/mol. The largest absolute Gasteiger partial charge is 0.341 e. The number of carbonyl (C=O) groups excluding carboxylic acids is 1. The Hall–Kier alpha value is -2.32. The lowest BCUT2D eigenvalue weighted by Gasteiger charge is -2.25. The molecule has 2 aromatic rings. The summed E-state index contributed by atoms with van der Waals surface area (Å²) in [5, 5.41) is -0.284. The average Bonchev–Trinajstić information content (AvgIpc) is 3.67. The maximum atomic E-state index is 14.5. The molecule has 2 aliphatic carbocycles. The standard InChI is InChI=1S/C25H28F2N2O3S/c26-22-9-5-10-23(27)24(22)19-8-2-1-7-18(19)20-14-21(20)25(30)29-13-4-3-6-16(15-29)28-33(31,32)17-11-12-17/h1-2,5,7-10,16-17,20-21,28H,3-4,6,11-15H2/t16-,20+,21-/m1/s1. The number of hydrogen-bond acceptors (Lipinski definition) is 3. The van der Waals surface area contributed by atoms with Gasteiger partial charge in [0.25, 0.3) is 0 Å². The lowest BCUT2D eigenvalue weighted by atomic mass is 9.95. The van der Waals surface area contributed by atoms with Crippen molar-refractivity contribution in [3.63, 3.8) is 0 Å². The van der Waals surface area contributed by atoms with Crippen molar-refractivity contribution >= 4 is 15.9 Å². The smallest absolute Gasteiger partial charge is 0.226 e. The van der Waals surface area contributed by atoms with Crippen molar-refractivity contribution in [2.75, 3.05) is 13.1 Å². The van der Waals surface area contributed by atoms with Crippen molar-refractivity contribution in [2.24, 2.45) is 5.92 Å². The van der Waals surface area contributed by atoms with Crippen LogP contribution in [0.4, 0.5) is 8.78 Å². The molecule has 176 valence electrons. The summed E-state index contributed by atoms with van der Waals surface area (Å²) >= 11 is 0. The van der Waals surface area contributed by atoms with Gasteiger partial charge in [0.05, 0.1) is 10.8 Å². The predicted octanol–water partition coefficient (Wildman–Crippen LogP) is 4.20. The van der Waals surface area contributed by atoms with Crippen LogP contribution in [0.3, 0.4) is 0 Å². The van der Waals surface area contributed by atoms with Crippen molar-refractivity contribution < 1.29 is 22.0 Å². The fraction of sp³-hybridized carbons (Fsp3) is 0.480. The lowest BCUT2D eigenvalue weighted by molar-refractivity contribution is -0.132. The van der Waals surface area contributed by atoms with E-state index < -0.39 is 21.7 Å². The maximum Gasteiger partial charge on any atom is 0.226 e. The third-order valence-corrected chi connectivity index (χ3v) is 8.99. The zero-order valence-electron chi connectivity index (χ0n) is 18.3. The molecular formula is C25H28F2N2O3S. The number of likely N-dealkylation sites (tertiary alicyclic amines) is 1. The SMILES string of the molecule is O=C([C@@H]1C[C@H]1c1ccccc1-c1c(F)cccc1F)N1CCCC[C@@H](NS(=O)(=O)C2CC2)C1. The van der Waals surface area contributed by atoms with Crippen LogP contribution >= 0.6 is 0 Å². The van der Waals surface area contributed by atoms with Gasteiger partial charge in [-0.05, 0) is 61.3 Å². The van der Waals surface area contributed by atoms with Crippen LogP contribution in [-0.2, 0) is 14.8 Å². The number of nitrogens with one attached hydrogen (secondary N) is 1. The van der Waals surface area contributed by atoms with Gasteiger partial charge in [0.1, 0.15) is 11.6 Å². The summed E-state index contributed by atoms with van der Waals surface area (Å²) in [6.45, 7) is 0.977. The van der Waals surface area contributed by atoms with Crippen molar-refractivity contribution in [3.05, 3.63) is 59.7 Å². The van der Waals surface area contributed by atoms with Gasteiger partial charge >= 0.3 is 0 Å². The molecule has 1 heterocycles. The molecule has 5 nitrogen and oxygen atoms in total. The Morgan fingerprint density at radius 3 is 2.42 bits per heavy atom. The molecule has 8 heteroatoms. The summed E-state index contributed by atoms with van der Waals surface area (Å²) in [6, 6.07) is 10.7. The Balaban J connectivity index is 1.32.